The summed E-state index contributed by atoms with van der Waals surface area (Å²) in [5.41, 5.74) is -0.137. The summed E-state index contributed by atoms with van der Waals surface area (Å²) < 4.78 is 24.3. The van der Waals surface area contributed by atoms with Crippen LogP contribution in [0, 0.1) is 0 Å². The van der Waals surface area contributed by atoms with Crippen molar-refractivity contribution in [3.63, 3.8) is 0 Å². The summed E-state index contributed by atoms with van der Waals surface area (Å²) in [5.74, 6) is 0. The predicted molar refractivity (Wildman–Crippen MR) is 41.9 cm³/mol. The van der Waals surface area contributed by atoms with Crippen molar-refractivity contribution < 1.29 is 18.4 Å². The summed E-state index contributed by atoms with van der Waals surface area (Å²) in [7, 11) is 0. The first kappa shape index (κ1) is 9.31. The number of rotatable bonds is 1. The Balaban J connectivity index is 3.03. The molecule has 5 heteroatoms. The van der Waals surface area contributed by atoms with Gasteiger partial charge in [0.1, 0.15) is 0 Å². The Morgan fingerprint density at radius 3 is 1.85 bits per heavy atom. The first-order valence-corrected chi connectivity index (χ1v) is 3.37. The van der Waals surface area contributed by atoms with Crippen LogP contribution in [0.15, 0.2) is 30.3 Å². The summed E-state index contributed by atoms with van der Waals surface area (Å²) in [6.07, 6.45) is -4.28. The average molecular weight is 185 g/mol. The molecule has 0 atom stereocenters. The Morgan fingerprint density at radius 2 is 1.46 bits per heavy atom. The molecule has 13 heavy (non-hydrogen) atoms. The van der Waals surface area contributed by atoms with Gasteiger partial charge in [0.05, 0.1) is 5.69 Å². The second-order valence-electron chi connectivity index (χ2n) is 2.18. The van der Waals surface area contributed by atoms with E-state index in [2.05, 4.69) is 0 Å². The summed E-state index contributed by atoms with van der Waals surface area (Å²) in [5, 5.41) is 0. The van der Waals surface area contributed by atoms with E-state index in [1.165, 1.54) is 24.3 Å². The molecule has 1 rings (SSSR count). The number of nitrogens with zero attached hydrogens (tertiary/aromatic N) is 1. The summed E-state index contributed by atoms with van der Waals surface area (Å²) in [6.45, 7) is 0. The van der Waals surface area contributed by atoms with Crippen LogP contribution in [-0.2, 0) is 0 Å². The Bertz CT molecular complexity index is 312. The van der Waals surface area contributed by atoms with E-state index in [0.29, 0.717) is 0 Å². The van der Waals surface area contributed by atoms with E-state index in [4.69, 9.17) is 0 Å². The third-order valence-corrected chi connectivity index (χ3v) is 1.37. The van der Waals surface area contributed by atoms with Gasteiger partial charge < -0.3 is 0 Å². The van der Waals surface area contributed by atoms with Crippen LogP contribution >= 0.6 is 0 Å². The van der Waals surface area contributed by atoms with Gasteiger partial charge in [0.25, 0.3) is 0 Å². The van der Waals surface area contributed by atoms with Gasteiger partial charge in [-0.3, -0.25) is 0 Å². The van der Waals surface area contributed by atoms with E-state index in [9.17, 15) is 18.4 Å². The molecule has 0 bridgehead atoms. The molecule has 3 nitrogen and oxygen atoms in total. The lowest BCUT2D eigenvalue weighted by atomic mass is 10.3. The Labute approximate surface area is 72.6 Å². The van der Waals surface area contributed by atoms with Crippen molar-refractivity contribution in [3.8, 4) is 0 Å². The highest BCUT2D eigenvalue weighted by Gasteiger charge is 2.22. The fourth-order valence-corrected chi connectivity index (χ4v) is 0.849. The van der Waals surface area contributed by atoms with Crippen LogP contribution < -0.4 is 4.90 Å². The van der Waals surface area contributed by atoms with Crippen LogP contribution in [0.4, 0.5) is 24.1 Å². The van der Waals surface area contributed by atoms with Gasteiger partial charge in [-0.1, -0.05) is 18.2 Å². The molecule has 0 aliphatic heterocycles. The standard InChI is InChI=1S/C8H5F2NO2/c9-7(12)11(8(10)13)6-4-2-1-3-5-6/h1-5H. The third kappa shape index (κ3) is 2.08. The molecule has 0 saturated heterocycles. The number of para-hydroxylation sites is 1. The van der Waals surface area contributed by atoms with Crippen molar-refractivity contribution >= 4 is 18.0 Å². The molecule has 0 radical (unpaired) electrons. The van der Waals surface area contributed by atoms with Crippen molar-refractivity contribution in [1.82, 2.24) is 0 Å². The lowest BCUT2D eigenvalue weighted by molar-refractivity contribution is 0.213. The molecule has 0 spiro atoms. The van der Waals surface area contributed by atoms with Gasteiger partial charge in [0, 0.05) is 0 Å². The number of carbonyl (C=O) groups excluding carboxylic acids is 2. The summed E-state index contributed by atoms with van der Waals surface area (Å²) in [4.78, 5) is 20.2. The lowest BCUT2D eigenvalue weighted by Gasteiger charge is -2.10. The fourth-order valence-electron chi connectivity index (χ4n) is 0.849. The molecule has 2 amide bonds. The van der Waals surface area contributed by atoms with Crippen LogP contribution in [0.1, 0.15) is 0 Å². The minimum absolute atomic E-state index is 0.137. The highest BCUT2D eigenvalue weighted by molar-refractivity contribution is 6.08. The summed E-state index contributed by atoms with van der Waals surface area (Å²) >= 11 is 0. The largest absolute Gasteiger partial charge is 0.413 e. The van der Waals surface area contributed by atoms with E-state index in [1.54, 1.807) is 6.07 Å². The van der Waals surface area contributed by atoms with Crippen molar-refractivity contribution in [1.29, 1.82) is 0 Å². The van der Waals surface area contributed by atoms with E-state index in [-0.39, 0.29) is 10.6 Å². The van der Waals surface area contributed by atoms with Crippen molar-refractivity contribution in [2.24, 2.45) is 0 Å². The monoisotopic (exact) mass is 185 g/mol. The first-order valence-electron chi connectivity index (χ1n) is 3.37. The first-order chi connectivity index (χ1) is 6.13. The zero-order chi connectivity index (χ0) is 9.84. The van der Waals surface area contributed by atoms with Crippen molar-refractivity contribution in [3.05, 3.63) is 30.3 Å². The number of anilines is 1. The van der Waals surface area contributed by atoms with Crippen LogP contribution in [-0.4, -0.2) is 12.3 Å². The molecule has 68 valence electrons. The number of hydrogen-bond acceptors (Lipinski definition) is 2. The van der Waals surface area contributed by atoms with Gasteiger partial charge in [0.2, 0.25) is 0 Å². The van der Waals surface area contributed by atoms with Crippen LogP contribution in [0.5, 0.6) is 0 Å². The smallest absolute Gasteiger partial charge is 0.233 e. The maximum atomic E-state index is 12.1. The molecular formula is C8H5F2NO2. The maximum Gasteiger partial charge on any atom is 0.413 e. The topological polar surface area (TPSA) is 37.4 Å². The van der Waals surface area contributed by atoms with E-state index < -0.39 is 12.3 Å². The second-order valence-corrected chi connectivity index (χ2v) is 2.18. The Kier molecular flexibility index (Phi) is 2.69. The fraction of sp³-hybridized carbons (Fsp3) is 0. The zero-order valence-corrected chi connectivity index (χ0v) is 6.41. The van der Waals surface area contributed by atoms with E-state index in [0.717, 1.165) is 0 Å². The zero-order valence-electron chi connectivity index (χ0n) is 6.41. The number of halogens is 2. The maximum absolute atomic E-state index is 12.1. The SMILES string of the molecule is O=C(F)N(C(=O)F)c1ccccc1. The molecule has 0 heterocycles. The molecule has 0 aromatic heterocycles. The number of hydrogen-bond donors (Lipinski definition) is 0. The molecule has 0 saturated carbocycles. The van der Waals surface area contributed by atoms with Gasteiger partial charge in [-0.05, 0) is 12.1 Å². The normalized spacial score (nSPS) is 9.38. The number of benzene rings is 1. The predicted octanol–water partition coefficient (Wildman–Crippen LogP) is 2.67. The van der Waals surface area contributed by atoms with Gasteiger partial charge in [-0.2, -0.15) is 4.90 Å². The molecule has 0 unspecified atom stereocenters. The van der Waals surface area contributed by atoms with Gasteiger partial charge >= 0.3 is 12.3 Å². The quantitative estimate of drug-likeness (QED) is 0.498. The minimum atomic E-state index is -2.14. The average Bonchev–Trinajstić information content (AvgIpc) is 2.04. The molecule has 1 aromatic rings. The van der Waals surface area contributed by atoms with Crippen molar-refractivity contribution in [2.45, 2.75) is 0 Å². The number of carbonyl (C=O) groups is 2. The van der Waals surface area contributed by atoms with E-state index in [1.807, 2.05) is 0 Å². The molecule has 0 N–H and O–H groups in total. The molecule has 1 aromatic carbocycles. The van der Waals surface area contributed by atoms with Crippen molar-refractivity contribution in [2.75, 3.05) is 4.90 Å². The molecule has 0 fully saturated rings. The third-order valence-electron chi connectivity index (χ3n) is 1.37. The Morgan fingerprint density at radius 1 is 1.00 bits per heavy atom. The van der Waals surface area contributed by atoms with Gasteiger partial charge in [-0.15, -0.1) is 8.78 Å². The Hall–Kier alpha value is -1.78. The lowest BCUT2D eigenvalue weighted by Crippen LogP contribution is -2.29. The molecule has 0 aliphatic rings. The van der Waals surface area contributed by atoms with Gasteiger partial charge in [-0.25, -0.2) is 9.59 Å². The summed E-state index contributed by atoms with van der Waals surface area (Å²) in [6, 6.07) is 6.99. The van der Waals surface area contributed by atoms with Crippen LogP contribution in [0.2, 0.25) is 0 Å². The highest BCUT2D eigenvalue weighted by Crippen LogP contribution is 2.15. The molecule has 0 aliphatic carbocycles. The number of amides is 2. The van der Waals surface area contributed by atoms with Crippen LogP contribution in [0.3, 0.4) is 0 Å². The number of imide groups is 1. The molecular weight excluding hydrogens is 180 g/mol. The highest BCUT2D eigenvalue weighted by atomic mass is 19.2. The van der Waals surface area contributed by atoms with Gasteiger partial charge in [0.15, 0.2) is 0 Å². The minimum Gasteiger partial charge on any atom is -0.233 e. The second kappa shape index (κ2) is 3.75. The van der Waals surface area contributed by atoms with Crippen LogP contribution in [0.25, 0.3) is 0 Å². The van der Waals surface area contributed by atoms with E-state index >= 15 is 0 Å².